The molecule has 0 spiro atoms. The number of hydrogen-bond donors (Lipinski definition) is 0. The van der Waals surface area contributed by atoms with Gasteiger partial charge < -0.3 is 14.2 Å². The van der Waals surface area contributed by atoms with Crippen molar-refractivity contribution in [2.75, 3.05) is 13.2 Å². The summed E-state index contributed by atoms with van der Waals surface area (Å²) in [6.07, 6.45) is 54.3. The standard InChI is InChI=1S/C52H94O6/c1-4-7-10-13-16-19-21-23-24-25-26-27-29-30-33-36-39-42-45-51(54)57-48-49(47-56-50(53)44-41-38-35-32-18-15-12-9-6-3)58-52(55)46-43-40-37-34-31-28-22-20-17-14-11-8-5-2/h9,12,18,28,31-32,49H,4-8,10-11,13-17,19-27,29-30,33-48H2,1-3H3/b12-9-,31-28-,32-18-. The van der Waals surface area contributed by atoms with Crippen LogP contribution in [0.3, 0.4) is 0 Å². The van der Waals surface area contributed by atoms with E-state index in [0.717, 1.165) is 83.5 Å². The Balaban J connectivity index is 4.30. The summed E-state index contributed by atoms with van der Waals surface area (Å²) in [5.41, 5.74) is 0. The molecule has 0 rings (SSSR count). The molecule has 0 saturated heterocycles. The van der Waals surface area contributed by atoms with Crippen LogP contribution in [0.25, 0.3) is 0 Å². The van der Waals surface area contributed by atoms with Gasteiger partial charge in [0.1, 0.15) is 13.2 Å². The van der Waals surface area contributed by atoms with Gasteiger partial charge in [-0.15, -0.1) is 0 Å². The molecule has 0 aromatic heterocycles. The third-order valence-electron chi connectivity index (χ3n) is 10.9. The maximum Gasteiger partial charge on any atom is 0.306 e. The molecule has 0 radical (unpaired) electrons. The topological polar surface area (TPSA) is 78.9 Å². The normalized spacial score (nSPS) is 12.3. The molecule has 0 bridgehead atoms. The molecule has 0 aliphatic rings. The van der Waals surface area contributed by atoms with Crippen molar-refractivity contribution in [2.45, 2.75) is 264 Å². The fourth-order valence-corrected chi connectivity index (χ4v) is 7.12. The van der Waals surface area contributed by atoms with E-state index in [1.165, 1.54) is 135 Å². The van der Waals surface area contributed by atoms with Crippen molar-refractivity contribution in [3.05, 3.63) is 36.5 Å². The van der Waals surface area contributed by atoms with Crippen molar-refractivity contribution >= 4 is 17.9 Å². The van der Waals surface area contributed by atoms with Crippen LogP contribution in [-0.4, -0.2) is 37.2 Å². The van der Waals surface area contributed by atoms with Crippen LogP contribution in [-0.2, 0) is 28.6 Å². The molecule has 0 aromatic carbocycles. The molecule has 0 fully saturated rings. The maximum atomic E-state index is 12.7. The molecule has 0 aliphatic carbocycles. The van der Waals surface area contributed by atoms with Crippen LogP contribution >= 0.6 is 0 Å². The predicted octanol–water partition coefficient (Wildman–Crippen LogP) is 16.1. The summed E-state index contributed by atoms with van der Waals surface area (Å²) < 4.78 is 16.7. The number of carbonyl (C=O) groups excluding carboxylic acids is 3. The second kappa shape index (κ2) is 47.3. The minimum absolute atomic E-state index is 0.0857. The molecule has 6 nitrogen and oxygen atoms in total. The average Bonchev–Trinajstić information content (AvgIpc) is 3.22. The van der Waals surface area contributed by atoms with Crippen LogP contribution < -0.4 is 0 Å². The van der Waals surface area contributed by atoms with Gasteiger partial charge in [0, 0.05) is 19.3 Å². The van der Waals surface area contributed by atoms with E-state index in [9.17, 15) is 14.4 Å². The van der Waals surface area contributed by atoms with Crippen molar-refractivity contribution in [1.82, 2.24) is 0 Å². The van der Waals surface area contributed by atoms with E-state index < -0.39 is 6.10 Å². The lowest BCUT2D eigenvalue weighted by Gasteiger charge is -2.18. The fourth-order valence-electron chi connectivity index (χ4n) is 7.12. The molecule has 1 unspecified atom stereocenters. The van der Waals surface area contributed by atoms with Gasteiger partial charge in [0.05, 0.1) is 0 Å². The van der Waals surface area contributed by atoms with E-state index >= 15 is 0 Å². The summed E-state index contributed by atoms with van der Waals surface area (Å²) in [6, 6.07) is 0. The van der Waals surface area contributed by atoms with Gasteiger partial charge in [-0.3, -0.25) is 14.4 Å². The Hall–Kier alpha value is -2.37. The number of rotatable bonds is 45. The van der Waals surface area contributed by atoms with Gasteiger partial charge in [-0.1, -0.05) is 205 Å². The predicted molar refractivity (Wildman–Crippen MR) is 247 cm³/mol. The van der Waals surface area contributed by atoms with Crippen molar-refractivity contribution < 1.29 is 28.6 Å². The average molecular weight is 815 g/mol. The molecule has 0 heterocycles. The van der Waals surface area contributed by atoms with Crippen LogP contribution in [0.5, 0.6) is 0 Å². The lowest BCUT2D eigenvalue weighted by atomic mass is 10.0. The molecular formula is C52H94O6. The number of hydrogen-bond acceptors (Lipinski definition) is 6. The number of esters is 3. The first-order valence-corrected chi connectivity index (χ1v) is 25.0. The highest BCUT2D eigenvalue weighted by molar-refractivity contribution is 5.71. The number of carbonyl (C=O) groups is 3. The summed E-state index contributed by atoms with van der Waals surface area (Å²) >= 11 is 0. The molecule has 0 saturated carbocycles. The smallest absolute Gasteiger partial charge is 0.306 e. The zero-order valence-corrected chi connectivity index (χ0v) is 38.6. The quantitative estimate of drug-likeness (QED) is 0.0264. The Morgan fingerprint density at radius 2 is 0.672 bits per heavy atom. The Labute approximate surface area is 359 Å². The van der Waals surface area contributed by atoms with Gasteiger partial charge in [0.15, 0.2) is 6.10 Å². The molecule has 6 heteroatoms. The van der Waals surface area contributed by atoms with Gasteiger partial charge >= 0.3 is 17.9 Å². The molecule has 0 N–H and O–H groups in total. The van der Waals surface area contributed by atoms with Gasteiger partial charge in [0.2, 0.25) is 0 Å². The molecular weight excluding hydrogens is 721 g/mol. The molecule has 338 valence electrons. The number of unbranched alkanes of at least 4 members (excludes halogenated alkanes) is 28. The molecule has 0 amide bonds. The highest BCUT2D eigenvalue weighted by Gasteiger charge is 2.19. The van der Waals surface area contributed by atoms with Gasteiger partial charge in [-0.05, 0) is 70.6 Å². The summed E-state index contributed by atoms with van der Waals surface area (Å²) in [6.45, 7) is 6.48. The first-order chi connectivity index (χ1) is 28.5. The first kappa shape index (κ1) is 55.6. The molecule has 0 aromatic rings. The van der Waals surface area contributed by atoms with E-state index in [0.29, 0.717) is 19.3 Å². The Bertz CT molecular complexity index is 984. The lowest BCUT2D eigenvalue weighted by Crippen LogP contribution is -2.30. The Morgan fingerprint density at radius 3 is 1.10 bits per heavy atom. The van der Waals surface area contributed by atoms with Gasteiger partial charge in [-0.2, -0.15) is 0 Å². The van der Waals surface area contributed by atoms with E-state index in [4.69, 9.17) is 14.2 Å². The number of ether oxygens (including phenoxy) is 3. The third-order valence-corrected chi connectivity index (χ3v) is 10.9. The van der Waals surface area contributed by atoms with E-state index in [2.05, 4.69) is 57.2 Å². The SMILES string of the molecule is CC/C=C\C/C=C\CCCCC(=O)OCC(COC(=O)CCCCCCCCCCCCCCCCCCCC)OC(=O)CCCCC/C=C\CCCCCCCC. The monoisotopic (exact) mass is 815 g/mol. The summed E-state index contributed by atoms with van der Waals surface area (Å²) in [5.74, 6) is -0.933. The highest BCUT2D eigenvalue weighted by Crippen LogP contribution is 2.16. The molecule has 58 heavy (non-hydrogen) atoms. The van der Waals surface area contributed by atoms with Crippen molar-refractivity contribution in [1.29, 1.82) is 0 Å². The van der Waals surface area contributed by atoms with E-state index in [-0.39, 0.29) is 31.1 Å². The van der Waals surface area contributed by atoms with Crippen LogP contribution in [0, 0.1) is 0 Å². The first-order valence-electron chi connectivity index (χ1n) is 25.0. The van der Waals surface area contributed by atoms with Gasteiger partial charge in [0.25, 0.3) is 0 Å². The van der Waals surface area contributed by atoms with Crippen LogP contribution in [0.2, 0.25) is 0 Å². The van der Waals surface area contributed by atoms with Crippen molar-refractivity contribution in [3.63, 3.8) is 0 Å². The van der Waals surface area contributed by atoms with E-state index in [1.807, 2.05) is 0 Å². The van der Waals surface area contributed by atoms with Crippen molar-refractivity contribution in [3.8, 4) is 0 Å². The minimum atomic E-state index is -0.787. The second-order valence-electron chi connectivity index (χ2n) is 16.7. The summed E-state index contributed by atoms with van der Waals surface area (Å²) in [4.78, 5) is 37.8. The largest absolute Gasteiger partial charge is 0.462 e. The van der Waals surface area contributed by atoms with E-state index in [1.54, 1.807) is 0 Å². The zero-order valence-electron chi connectivity index (χ0n) is 38.6. The zero-order chi connectivity index (χ0) is 42.3. The van der Waals surface area contributed by atoms with Crippen LogP contribution in [0.4, 0.5) is 0 Å². The minimum Gasteiger partial charge on any atom is -0.462 e. The maximum absolute atomic E-state index is 12.7. The molecule has 1 atom stereocenters. The lowest BCUT2D eigenvalue weighted by molar-refractivity contribution is -0.167. The van der Waals surface area contributed by atoms with Crippen LogP contribution in [0.1, 0.15) is 258 Å². The third kappa shape index (κ3) is 44.7. The molecule has 0 aliphatic heterocycles. The second-order valence-corrected chi connectivity index (χ2v) is 16.7. The Morgan fingerprint density at radius 1 is 0.362 bits per heavy atom. The Kier molecular flexibility index (Phi) is 45.4. The van der Waals surface area contributed by atoms with Gasteiger partial charge in [-0.25, -0.2) is 0 Å². The highest BCUT2D eigenvalue weighted by atomic mass is 16.6. The fraction of sp³-hybridized carbons (Fsp3) is 0.827. The summed E-state index contributed by atoms with van der Waals surface area (Å²) in [5, 5.41) is 0. The number of allylic oxidation sites excluding steroid dienone is 6. The van der Waals surface area contributed by atoms with Crippen molar-refractivity contribution in [2.24, 2.45) is 0 Å². The summed E-state index contributed by atoms with van der Waals surface area (Å²) in [7, 11) is 0. The van der Waals surface area contributed by atoms with Crippen LogP contribution in [0.15, 0.2) is 36.5 Å².